The summed E-state index contributed by atoms with van der Waals surface area (Å²) in [6, 6.07) is 6.46. The number of aryl methyl sites for hydroxylation is 1. The fourth-order valence-electron chi connectivity index (χ4n) is 3.12. The van der Waals surface area contributed by atoms with Gasteiger partial charge in [-0.25, -0.2) is 4.98 Å². The number of para-hydroxylation sites is 1. The number of amides is 1. The van der Waals surface area contributed by atoms with Crippen LogP contribution in [0.3, 0.4) is 0 Å². The smallest absolute Gasteiger partial charge is 0.220 e. The third kappa shape index (κ3) is 4.13. The number of carbonyl (C=O) groups excluding carboxylic acids is 1. The summed E-state index contributed by atoms with van der Waals surface area (Å²) in [5.41, 5.74) is 3.13. The molecule has 2 heterocycles. The molecule has 1 aliphatic heterocycles. The lowest BCUT2D eigenvalue weighted by atomic mass is 10.1. The van der Waals surface area contributed by atoms with E-state index in [1.165, 1.54) is 0 Å². The number of H-pyrrole nitrogens is 1. The number of benzene rings is 1. The van der Waals surface area contributed by atoms with E-state index < -0.39 is 0 Å². The Morgan fingerprint density at radius 1 is 1.42 bits per heavy atom. The number of nitrogens with zero attached hydrogens (tertiary/aromatic N) is 2. The molecule has 1 aliphatic rings. The van der Waals surface area contributed by atoms with Crippen molar-refractivity contribution in [1.29, 1.82) is 0 Å². The minimum atomic E-state index is 0.0762. The van der Waals surface area contributed by atoms with Gasteiger partial charge in [-0.1, -0.05) is 12.1 Å². The lowest BCUT2D eigenvalue weighted by Crippen LogP contribution is -2.42. The maximum atomic E-state index is 12.1. The molecule has 24 heavy (non-hydrogen) atoms. The van der Waals surface area contributed by atoms with Gasteiger partial charge in [0, 0.05) is 25.6 Å². The van der Waals surface area contributed by atoms with E-state index in [1.807, 2.05) is 25.1 Å². The van der Waals surface area contributed by atoms with Gasteiger partial charge in [-0.2, -0.15) is 0 Å². The van der Waals surface area contributed by atoms with E-state index in [4.69, 9.17) is 4.74 Å². The van der Waals surface area contributed by atoms with Crippen LogP contribution < -0.4 is 5.32 Å². The maximum Gasteiger partial charge on any atom is 0.220 e. The number of carbonyl (C=O) groups is 1. The van der Waals surface area contributed by atoms with Crippen molar-refractivity contribution in [3.8, 4) is 0 Å². The Labute approximate surface area is 142 Å². The summed E-state index contributed by atoms with van der Waals surface area (Å²) in [4.78, 5) is 22.3. The van der Waals surface area contributed by atoms with E-state index in [9.17, 15) is 4.79 Å². The second kappa shape index (κ2) is 7.77. The molecule has 1 saturated heterocycles. The van der Waals surface area contributed by atoms with Gasteiger partial charge < -0.3 is 15.0 Å². The van der Waals surface area contributed by atoms with Crippen LogP contribution in [0.2, 0.25) is 0 Å². The number of nitrogens with one attached hydrogen (secondary N) is 2. The molecular weight excluding hydrogens is 304 g/mol. The Morgan fingerprint density at radius 3 is 2.96 bits per heavy atom. The van der Waals surface area contributed by atoms with Crippen molar-refractivity contribution in [3.05, 3.63) is 29.6 Å². The zero-order chi connectivity index (χ0) is 16.9. The average molecular weight is 330 g/mol. The van der Waals surface area contributed by atoms with Crippen molar-refractivity contribution in [2.75, 3.05) is 26.3 Å². The van der Waals surface area contributed by atoms with Gasteiger partial charge in [0.1, 0.15) is 5.82 Å². The third-order valence-corrected chi connectivity index (χ3v) is 4.67. The first-order valence-corrected chi connectivity index (χ1v) is 8.66. The Hall–Kier alpha value is -1.92. The summed E-state index contributed by atoms with van der Waals surface area (Å²) < 4.78 is 5.36. The van der Waals surface area contributed by atoms with Crippen LogP contribution in [0.15, 0.2) is 18.2 Å². The van der Waals surface area contributed by atoms with Crippen LogP contribution in [0.25, 0.3) is 11.0 Å². The van der Waals surface area contributed by atoms with E-state index in [0.29, 0.717) is 19.0 Å². The summed E-state index contributed by atoms with van der Waals surface area (Å²) in [5, 5.41) is 2.96. The molecule has 0 saturated carbocycles. The topological polar surface area (TPSA) is 70.2 Å². The minimum Gasteiger partial charge on any atom is -0.379 e. The Morgan fingerprint density at radius 2 is 2.21 bits per heavy atom. The van der Waals surface area contributed by atoms with E-state index in [1.54, 1.807) is 0 Å². The van der Waals surface area contributed by atoms with Gasteiger partial charge >= 0.3 is 0 Å². The zero-order valence-corrected chi connectivity index (χ0v) is 14.5. The molecule has 0 bridgehead atoms. The quantitative estimate of drug-likeness (QED) is 0.850. The second-order valence-corrected chi connectivity index (χ2v) is 6.47. The number of imidazole rings is 1. The number of ether oxygens (including phenoxy) is 1. The fourth-order valence-corrected chi connectivity index (χ4v) is 3.12. The SMILES string of the molecule is Cc1cccc2[nH]c(CNC(=O)CC[C@@H](C)N3CCOCC3)nc12. The monoisotopic (exact) mass is 330 g/mol. The molecule has 1 aromatic carbocycles. The molecule has 0 radical (unpaired) electrons. The third-order valence-electron chi connectivity index (χ3n) is 4.67. The van der Waals surface area contributed by atoms with E-state index in [2.05, 4.69) is 27.1 Å². The number of aromatic nitrogens is 2. The number of hydrogen-bond donors (Lipinski definition) is 2. The van der Waals surface area contributed by atoms with Crippen molar-refractivity contribution < 1.29 is 9.53 Å². The average Bonchev–Trinajstić information content (AvgIpc) is 3.03. The predicted octanol–water partition coefficient (Wildman–Crippen LogP) is 1.99. The van der Waals surface area contributed by atoms with Crippen LogP contribution in [0.1, 0.15) is 31.2 Å². The predicted molar refractivity (Wildman–Crippen MR) is 93.8 cm³/mol. The summed E-state index contributed by atoms with van der Waals surface area (Å²) >= 11 is 0. The molecule has 3 rings (SSSR count). The van der Waals surface area contributed by atoms with Gasteiger partial charge in [0.05, 0.1) is 30.8 Å². The molecule has 1 fully saturated rings. The number of fused-ring (bicyclic) bond motifs is 1. The highest BCUT2D eigenvalue weighted by molar-refractivity contribution is 5.79. The van der Waals surface area contributed by atoms with E-state index in [-0.39, 0.29) is 5.91 Å². The standard InChI is InChI=1S/C18H26N4O2/c1-13-4-3-5-15-18(13)21-16(20-15)12-19-17(23)7-6-14(2)22-8-10-24-11-9-22/h3-5,14H,6-12H2,1-2H3,(H,19,23)(H,20,21)/t14-/m1/s1. The lowest BCUT2D eigenvalue weighted by Gasteiger charge is -2.32. The number of aromatic amines is 1. The lowest BCUT2D eigenvalue weighted by molar-refractivity contribution is -0.121. The van der Waals surface area contributed by atoms with Gasteiger partial charge in [-0.15, -0.1) is 0 Å². The van der Waals surface area contributed by atoms with Crippen LogP contribution in [0.5, 0.6) is 0 Å². The number of rotatable bonds is 6. The summed E-state index contributed by atoms with van der Waals surface area (Å²) in [7, 11) is 0. The minimum absolute atomic E-state index is 0.0762. The molecule has 0 unspecified atom stereocenters. The van der Waals surface area contributed by atoms with Gasteiger partial charge in [0.25, 0.3) is 0 Å². The maximum absolute atomic E-state index is 12.1. The molecule has 1 atom stereocenters. The molecule has 130 valence electrons. The Balaban J connectivity index is 1.45. The van der Waals surface area contributed by atoms with E-state index >= 15 is 0 Å². The first-order chi connectivity index (χ1) is 11.6. The molecule has 1 aromatic heterocycles. The molecule has 2 N–H and O–H groups in total. The molecule has 1 amide bonds. The highest BCUT2D eigenvalue weighted by Crippen LogP contribution is 2.15. The largest absolute Gasteiger partial charge is 0.379 e. The van der Waals surface area contributed by atoms with Crippen LogP contribution in [-0.4, -0.2) is 53.1 Å². The number of hydrogen-bond acceptors (Lipinski definition) is 4. The van der Waals surface area contributed by atoms with Gasteiger partial charge in [0.2, 0.25) is 5.91 Å². The highest BCUT2D eigenvalue weighted by atomic mass is 16.5. The van der Waals surface area contributed by atoms with Crippen LogP contribution in [-0.2, 0) is 16.1 Å². The summed E-state index contributed by atoms with van der Waals surface area (Å²) in [5.74, 6) is 0.876. The van der Waals surface area contributed by atoms with Crippen LogP contribution >= 0.6 is 0 Å². The van der Waals surface area contributed by atoms with Crippen molar-refractivity contribution in [3.63, 3.8) is 0 Å². The molecule has 2 aromatic rings. The van der Waals surface area contributed by atoms with Gasteiger partial charge in [0.15, 0.2) is 0 Å². The molecule has 0 spiro atoms. The Kier molecular flexibility index (Phi) is 5.48. The van der Waals surface area contributed by atoms with Gasteiger partial charge in [-0.05, 0) is 31.9 Å². The van der Waals surface area contributed by atoms with Gasteiger partial charge in [-0.3, -0.25) is 9.69 Å². The van der Waals surface area contributed by atoms with Crippen molar-refractivity contribution in [2.24, 2.45) is 0 Å². The molecule has 6 heteroatoms. The molecular formula is C18H26N4O2. The number of morpholine rings is 1. The van der Waals surface area contributed by atoms with Crippen LogP contribution in [0.4, 0.5) is 0 Å². The summed E-state index contributed by atoms with van der Waals surface area (Å²) in [6.07, 6.45) is 1.41. The first-order valence-electron chi connectivity index (χ1n) is 8.66. The highest BCUT2D eigenvalue weighted by Gasteiger charge is 2.17. The second-order valence-electron chi connectivity index (χ2n) is 6.47. The summed E-state index contributed by atoms with van der Waals surface area (Å²) in [6.45, 7) is 8.17. The molecule has 0 aliphatic carbocycles. The fraction of sp³-hybridized carbons (Fsp3) is 0.556. The first kappa shape index (κ1) is 16.9. The van der Waals surface area contributed by atoms with Crippen molar-refractivity contribution in [1.82, 2.24) is 20.2 Å². The van der Waals surface area contributed by atoms with Crippen LogP contribution in [0, 0.1) is 6.92 Å². The van der Waals surface area contributed by atoms with Crippen molar-refractivity contribution in [2.45, 2.75) is 39.3 Å². The van der Waals surface area contributed by atoms with E-state index in [0.717, 1.165) is 55.1 Å². The molecule has 6 nitrogen and oxygen atoms in total. The zero-order valence-electron chi connectivity index (χ0n) is 14.5. The Bertz CT molecular complexity index is 691. The van der Waals surface area contributed by atoms with Crippen molar-refractivity contribution >= 4 is 16.9 Å². The normalized spacial score (nSPS) is 17.1.